The predicted molar refractivity (Wildman–Crippen MR) is 97.3 cm³/mol. The number of carbonyl (C=O) groups excluding carboxylic acids is 3. The molecule has 3 rings (SSSR count). The first-order valence-electron chi connectivity index (χ1n) is 8.03. The van der Waals surface area contributed by atoms with Crippen molar-refractivity contribution in [2.45, 2.75) is 13.8 Å². The van der Waals surface area contributed by atoms with Gasteiger partial charge < -0.3 is 10.6 Å². The Balaban J connectivity index is 1.87. The topological polar surface area (TPSA) is 75.3 Å². The van der Waals surface area contributed by atoms with E-state index in [-0.39, 0.29) is 23.5 Å². The number of hydrogen-bond acceptors (Lipinski definition) is 3. The van der Waals surface area contributed by atoms with Gasteiger partial charge in [0.25, 0.3) is 5.91 Å². The number of benzene rings is 2. The molecule has 0 bridgehead atoms. The summed E-state index contributed by atoms with van der Waals surface area (Å²) in [6.07, 6.45) is 1.34. The van der Waals surface area contributed by atoms with Crippen molar-refractivity contribution < 1.29 is 14.4 Å². The summed E-state index contributed by atoms with van der Waals surface area (Å²) in [5.74, 6) is -0.853. The van der Waals surface area contributed by atoms with Gasteiger partial charge in [-0.05, 0) is 24.3 Å². The first-order valence-corrected chi connectivity index (χ1v) is 8.03. The average Bonchev–Trinajstić information content (AvgIpc) is 2.90. The molecule has 126 valence electrons. The van der Waals surface area contributed by atoms with Crippen molar-refractivity contribution in [1.82, 2.24) is 0 Å². The average molecular weight is 334 g/mol. The van der Waals surface area contributed by atoms with Crippen LogP contribution >= 0.6 is 0 Å². The van der Waals surface area contributed by atoms with E-state index >= 15 is 0 Å². The normalized spacial score (nSPS) is 14.4. The molecular weight excluding hydrogens is 316 g/mol. The number of para-hydroxylation sites is 1. The van der Waals surface area contributed by atoms with Gasteiger partial charge in [0.15, 0.2) is 5.78 Å². The van der Waals surface area contributed by atoms with Gasteiger partial charge in [-0.2, -0.15) is 0 Å². The Bertz CT molecular complexity index is 897. The summed E-state index contributed by atoms with van der Waals surface area (Å²) in [6, 6.07) is 13.9. The molecule has 2 aromatic rings. The van der Waals surface area contributed by atoms with E-state index in [1.807, 2.05) is 12.1 Å². The van der Waals surface area contributed by atoms with Crippen LogP contribution < -0.4 is 10.6 Å². The summed E-state index contributed by atoms with van der Waals surface area (Å²) in [5.41, 5.74) is 2.72. The Hall–Kier alpha value is -3.21. The fraction of sp³-hybridized carbons (Fsp3) is 0.150. The van der Waals surface area contributed by atoms with Gasteiger partial charge in [0.05, 0.1) is 5.57 Å². The number of allylic oxidation sites excluding steroid dienone is 1. The van der Waals surface area contributed by atoms with Crippen LogP contribution in [-0.4, -0.2) is 17.6 Å². The molecular formula is C20H18N2O3. The zero-order valence-electron chi connectivity index (χ0n) is 14.0. The van der Waals surface area contributed by atoms with Crippen LogP contribution in [0.1, 0.15) is 29.8 Å². The minimum Gasteiger partial charge on any atom is -0.326 e. The van der Waals surface area contributed by atoms with Gasteiger partial charge in [0, 0.05) is 28.4 Å². The van der Waals surface area contributed by atoms with E-state index in [0.29, 0.717) is 28.1 Å². The maximum absolute atomic E-state index is 12.6. The molecule has 0 unspecified atom stereocenters. The number of fused-ring (bicyclic) bond motifs is 1. The second-order valence-corrected chi connectivity index (χ2v) is 6.15. The van der Waals surface area contributed by atoms with Crippen molar-refractivity contribution in [3.63, 3.8) is 0 Å². The van der Waals surface area contributed by atoms with Crippen LogP contribution in [0.5, 0.6) is 0 Å². The largest absolute Gasteiger partial charge is 0.326 e. The highest BCUT2D eigenvalue weighted by Crippen LogP contribution is 2.31. The maximum Gasteiger partial charge on any atom is 0.256 e. The van der Waals surface area contributed by atoms with E-state index in [1.54, 1.807) is 50.2 Å². The van der Waals surface area contributed by atoms with E-state index in [9.17, 15) is 14.4 Å². The smallest absolute Gasteiger partial charge is 0.256 e. The highest BCUT2D eigenvalue weighted by Gasteiger charge is 2.24. The Morgan fingerprint density at radius 3 is 2.60 bits per heavy atom. The molecule has 0 fully saturated rings. The number of amides is 2. The van der Waals surface area contributed by atoms with Gasteiger partial charge in [-0.25, -0.2) is 0 Å². The Kier molecular flexibility index (Phi) is 4.48. The molecule has 1 aliphatic heterocycles. The Morgan fingerprint density at radius 1 is 1.08 bits per heavy atom. The maximum atomic E-state index is 12.6. The third-order valence-electron chi connectivity index (χ3n) is 3.92. The summed E-state index contributed by atoms with van der Waals surface area (Å²) >= 11 is 0. The number of carbonyl (C=O) groups is 3. The van der Waals surface area contributed by atoms with Crippen LogP contribution in [0.3, 0.4) is 0 Å². The van der Waals surface area contributed by atoms with Crippen molar-refractivity contribution in [1.29, 1.82) is 0 Å². The molecule has 2 amide bonds. The lowest BCUT2D eigenvalue weighted by Crippen LogP contribution is -2.17. The van der Waals surface area contributed by atoms with E-state index in [2.05, 4.69) is 10.6 Å². The molecule has 0 aromatic heterocycles. The van der Waals surface area contributed by atoms with Gasteiger partial charge in [-0.1, -0.05) is 44.2 Å². The minimum absolute atomic E-state index is 0.118. The Labute approximate surface area is 145 Å². The summed E-state index contributed by atoms with van der Waals surface area (Å²) in [5, 5.41) is 5.50. The fourth-order valence-corrected chi connectivity index (χ4v) is 2.53. The monoisotopic (exact) mass is 334 g/mol. The van der Waals surface area contributed by atoms with Gasteiger partial charge >= 0.3 is 0 Å². The SMILES string of the molecule is CC(C)C(=O)Nc1cccc(C(=O)/C=C2/C(=O)Nc3ccccc32)c1. The molecule has 0 atom stereocenters. The Morgan fingerprint density at radius 2 is 1.84 bits per heavy atom. The van der Waals surface area contributed by atoms with Crippen LogP contribution in [0.15, 0.2) is 54.6 Å². The van der Waals surface area contributed by atoms with E-state index < -0.39 is 0 Å². The molecule has 0 radical (unpaired) electrons. The third-order valence-corrected chi connectivity index (χ3v) is 3.92. The van der Waals surface area contributed by atoms with Crippen molar-refractivity contribution in [3.05, 3.63) is 65.7 Å². The molecule has 0 saturated carbocycles. The fourth-order valence-electron chi connectivity index (χ4n) is 2.53. The zero-order valence-corrected chi connectivity index (χ0v) is 14.0. The highest BCUT2D eigenvalue weighted by atomic mass is 16.2. The second-order valence-electron chi connectivity index (χ2n) is 6.15. The molecule has 2 aromatic carbocycles. The number of rotatable bonds is 4. The van der Waals surface area contributed by atoms with Crippen LogP contribution in [0.4, 0.5) is 11.4 Å². The molecule has 5 nitrogen and oxygen atoms in total. The van der Waals surface area contributed by atoms with Crippen LogP contribution in [0.2, 0.25) is 0 Å². The van der Waals surface area contributed by atoms with E-state index in [4.69, 9.17) is 0 Å². The van der Waals surface area contributed by atoms with Gasteiger partial charge in [0.2, 0.25) is 5.91 Å². The number of hydrogen-bond donors (Lipinski definition) is 2. The number of ketones is 1. The standard InChI is InChI=1S/C20H18N2O3/c1-12(2)19(24)21-14-7-5-6-13(10-14)18(23)11-16-15-8-3-4-9-17(15)22-20(16)25/h3-12H,1-2H3,(H,21,24)(H,22,25)/b16-11+. The van der Waals surface area contributed by atoms with E-state index in [0.717, 1.165) is 0 Å². The number of nitrogens with one attached hydrogen (secondary N) is 2. The molecule has 0 aliphatic carbocycles. The molecule has 1 aliphatic rings. The zero-order chi connectivity index (χ0) is 18.0. The molecule has 25 heavy (non-hydrogen) atoms. The van der Waals surface area contributed by atoms with Crippen molar-refractivity contribution >= 4 is 34.5 Å². The van der Waals surface area contributed by atoms with E-state index in [1.165, 1.54) is 6.08 Å². The molecule has 1 heterocycles. The molecule has 2 N–H and O–H groups in total. The van der Waals surface area contributed by atoms with Gasteiger partial charge in [-0.15, -0.1) is 0 Å². The highest BCUT2D eigenvalue weighted by molar-refractivity contribution is 6.35. The molecule has 5 heteroatoms. The third kappa shape index (κ3) is 3.50. The van der Waals surface area contributed by atoms with Gasteiger partial charge in [0.1, 0.15) is 0 Å². The first kappa shape index (κ1) is 16.6. The van der Waals surface area contributed by atoms with Crippen molar-refractivity contribution in [2.24, 2.45) is 5.92 Å². The summed E-state index contributed by atoms with van der Waals surface area (Å²) in [7, 11) is 0. The summed E-state index contributed by atoms with van der Waals surface area (Å²) in [4.78, 5) is 36.4. The van der Waals surface area contributed by atoms with Crippen LogP contribution in [0, 0.1) is 5.92 Å². The quantitative estimate of drug-likeness (QED) is 0.664. The lowest BCUT2D eigenvalue weighted by atomic mass is 10.0. The van der Waals surface area contributed by atoms with Crippen LogP contribution in [-0.2, 0) is 9.59 Å². The predicted octanol–water partition coefficient (Wildman–Crippen LogP) is 3.50. The van der Waals surface area contributed by atoms with Crippen LogP contribution in [0.25, 0.3) is 5.57 Å². The summed E-state index contributed by atoms with van der Waals surface area (Å²) < 4.78 is 0. The summed E-state index contributed by atoms with van der Waals surface area (Å²) in [6.45, 7) is 3.59. The van der Waals surface area contributed by atoms with Gasteiger partial charge in [-0.3, -0.25) is 14.4 Å². The minimum atomic E-state index is -0.293. The first-order chi connectivity index (χ1) is 12.0. The van der Waals surface area contributed by atoms with Crippen molar-refractivity contribution in [3.8, 4) is 0 Å². The second kappa shape index (κ2) is 6.73. The molecule has 0 saturated heterocycles. The lowest BCUT2D eigenvalue weighted by molar-refractivity contribution is -0.119. The number of anilines is 2. The van der Waals surface area contributed by atoms with Crippen molar-refractivity contribution in [2.75, 3.05) is 10.6 Å². The molecule has 0 spiro atoms. The lowest BCUT2D eigenvalue weighted by Gasteiger charge is -2.08.